The third-order valence-corrected chi connectivity index (χ3v) is 2.65. The van der Waals surface area contributed by atoms with E-state index in [4.69, 9.17) is 9.47 Å². The van der Waals surface area contributed by atoms with E-state index in [1.165, 1.54) is 0 Å². The molecule has 0 bridgehead atoms. The average molecular weight is 273 g/mol. The summed E-state index contributed by atoms with van der Waals surface area (Å²) >= 11 is 0. The average Bonchev–Trinajstić information content (AvgIpc) is 2.45. The minimum Gasteiger partial charge on any atom is -0.497 e. The molecule has 5 heteroatoms. The van der Waals surface area contributed by atoms with E-state index in [0.717, 1.165) is 24.4 Å². The summed E-state index contributed by atoms with van der Waals surface area (Å²) < 4.78 is 10.8. The van der Waals surface area contributed by atoms with Crippen molar-refractivity contribution in [1.29, 1.82) is 0 Å². The van der Waals surface area contributed by atoms with Crippen molar-refractivity contribution in [2.45, 2.75) is 20.3 Å². The highest BCUT2D eigenvalue weighted by Crippen LogP contribution is 2.23. The minimum absolute atomic E-state index is 0.529. The molecule has 0 saturated carbocycles. The fourth-order valence-corrected chi connectivity index (χ4v) is 1.67. The van der Waals surface area contributed by atoms with Crippen LogP contribution in [0.3, 0.4) is 0 Å². The lowest BCUT2D eigenvalue weighted by atomic mass is 10.3. The van der Waals surface area contributed by atoms with Crippen LogP contribution in [-0.2, 0) is 0 Å². The number of hydrogen-bond acceptors (Lipinski definition) is 5. The highest BCUT2D eigenvalue weighted by Gasteiger charge is 2.04. The molecular weight excluding hydrogens is 254 g/mol. The molecule has 0 saturated heterocycles. The zero-order valence-electron chi connectivity index (χ0n) is 12.0. The molecular formula is C15H19N3O2. The first-order valence-corrected chi connectivity index (χ1v) is 6.62. The van der Waals surface area contributed by atoms with Crippen molar-refractivity contribution < 1.29 is 9.47 Å². The van der Waals surface area contributed by atoms with Gasteiger partial charge in [-0.3, -0.25) is 0 Å². The van der Waals surface area contributed by atoms with Crippen LogP contribution in [0.25, 0.3) is 0 Å². The number of anilines is 1. The zero-order chi connectivity index (χ0) is 14.4. The molecule has 106 valence electrons. The maximum Gasteiger partial charge on any atom is 0.226 e. The van der Waals surface area contributed by atoms with Gasteiger partial charge in [-0.05, 0) is 37.6 Å². The van der Waals surface area contributed by atoms with Gasteiger partial charge in [0.2, 0.25) is 11.8 Å². The molecule has 2 rings (SSSR count). The highest BCUT2D eigenvalue weighted by atomic mass is 16.5. The van der Waals surface area contributed by atoms with E-state index in [2.05, 4.69) is 22.2 Å². The van der Waals surface area contributed by atoms with Gasteiger partial charge in [-0.2, -0.15) is 4.98 Å². The van der Waals surface area contributed by atoms with Crippen molar-refractivity contribution in [1.82, 2.24) is 9.97 Å². The Morgan fingerprint density at radius 3 is 2.45 bits per heavy atom. The number of methoxy groups -OCH3 is 1. The summed E-state index contributed by atoms with van der Waals surface area (Å²) in [5.74, 6) is 2.63. The predicted octanol–water partition coefficient (Wildman–Crippen LogP) is 3.41. The topological polar surface area (TPSA) is 56.3 Å². The molecule has 5 nitrogen and oxygen atoms in total. The molecule has 20 heavy (non-hydrogen) atoms. The van der Waals surface area contributed by atoms with Crippen molar-refractivity contribution in [2.24, 2.45) is 0 Å². The number of aryl methyl sites for hydroxylation is 1. The van der Waals surface area contributed by atoms with Gasteiger partial charge in [0.15, 0.2) is 0 Å². The number of aromatic nitrogens is 2. The molecule has 1 heterocycles. The molecule has 0 amide bonds. The van der Waals surface area contributed by atoms with Crippen LogP contribution in [0.15, 0.2) is 30.3 Å². The third-order valence-electron chi connectivity index (χ3n) is 2.65. The number of rotatable bonds is 6. The quantitative estimate of drug-likeness (QED) is 0.874. The van der Waals surface area contributed by atoms with Crippen LogP contribution in [-0.4, -0.2) is 23.6 Å². The molecule has 0 atom stereocenters. The summed E-state index contributed by atoms with van der Waals surface area (Å²) in [4.78, 5) is 8.65. The van der Waals surface area contributed by atoms with Crippen LogP contribution in [0.2, 0.25) is 0 Å². The van der Waals surface area contributed by atoms with E-state index in [0.29, 0.717) is 17.6 Å². The number of nitrogens with zero attached hydrogens (tertiary/aromatic N) is 2. The molecule has 0 aliphatic rings. The summed E-state index contributed by atoms with van der Waals surface area (Å²) in [5.41, 5.74) is 0.863. The zero-order valence-corrected chi connectivity index (χ0v) is 12.0. The van der Waals surface area contributed by atoms with Crippen LogP contribution in [0.5, 0.6) is 17.4 Å². The van der Waals surface area contributed by atoms with Crippen molar-refractivity contribution in [3.8, 4) is 17.4 Å². The summed E-state index contributed by atoms with van der Waals surface area (Å²) in [5, 5.41) is 3.16. The van der Waals surface area contributed by atoms with Gasteiger partial charge in [-0.1, -0.05) is 6.92 Å². The van der Waals surface area contributed by atoms with Crippen LogP contribution in [0.4, 0.5) is 5.95 Å². The lowest BCUT2D eigenvalue weighted by Gasteiger charge is -2.09. The monoisotopic (exact) mass is 273 g/mol. The van der Waals surface area contributed by atoms with Crippen LogP contribution >= 0.6 is 0 Å². The Balaban J connectivity index is 2.12. The Hall–Kier alpha value is -2.30. The van der Waals surface area contributed by atoms with E-state index in [1.54, 1.807) is 13.2 Å². The molecule has 0 spiro atoms. The van der Waals surface area contributed by atoms with Gasteiger partial charge in [0, 0.05) is 18.3 Å². The van der Waals surface area contributed by atoms with Gasteiger partial charge in [0.25, 0.3) is 0 Å². The second-order valence-corrected chi connectivity index (χ2v) is 4.38. The van der Waals surface area contributed by atoms with Crippen LogP contribution in [0, 0.1) is 6.92 Å². The summed E-state index contributed by atoms with van der Waals surface area (Å²) in [7, 11) is 1.63. The Kier molecular flexibility index (Phi) is 4.76. The van der Waals surface area contributed by atoms with Crippen LogP contribution < -0.4 is 14.8 Å². The summed E-state index contributed by atoms with van der Waals surface area (Å²) in [6, 6.07) is 9.19. The third kappa shape index (κ3) is 3.85. The second kappa shape index (κ2) is 6.75. The Morgan fingerprint density at radius 2 is 1.80 bits per heavy atom. The van der Waals surface area contributed by atoms with Gasteiger partial charge in [-0.15, -0.1) is 0 Å². The van der Waals surface area contributed by atoms with E-state index in [9.17, 15) is 0 Å². The van der Waals surface area contributed by atoms with Gasteiger partial charge in [0.1, 0.15) is 11.5 Å². The lowest BCUT2D eigenvalue weighted by molar-refractivity contribution is 0.412. The lowest BCUT2D eigenvalue weighted by Crippen LogP contribution is -2.05. The fraction of sp³-hybridized carbons (Fsp3) is 0.333. The molecule has 1 N–H and O–H groups in total. The molecule has 0 aliphatic carbocycles. The van der Waals surface area contributed by atoms with E-state index in [-0.39, 0.29) is 0 Å². The highest BCUT2D eigenvalue weighted by molar-refractivity contribution is 5.36. The van der Waals surface area contributed by atoms with E-state index < -0.39 is 0 Å². The summed E-state index contributed by atoms with van der Waals surface area (Å²) in [6.45, 7) is 4.85. The maximum absolute atomic E-state index is 5.73. The molecule has 0 aliphatic heterocycles. The first-order chi connectivity index (χ1) is 9.71. The minimum atomic E-state index is 0.529. The van der Waals surface area contributed by atoms with E-state index >= 15 is 0 Å². The summed E-state index contributed by atoms with van der Waals surface area (Å²) in [6.07, 6.45) is 1.02. The number of ether oxygens (including phenoxy) is 2. The molecule has 1 aromatic heterocycles. The standard InChI is InChI=1S/C15H19N3O2/c1-4-9-16-15-17-11(2)10-14(18-15)20-13-7-5-12(19-3)6-8-13/h5-8,10H,4,9H2,1-3H3,(H,16,17,18). The van der Waals surface area contributed by atoms with Crippen molar-refractivity contribution in [3.05, 3.63) is 36.0 Å². The predicted molar refractivity (Wildman–Crippen MR) is 78.6 cm³/mol. The fourth-order valence-electron chi connectivity index (χ4n) is 1.67. The number of hydrogen-bond donors (Lipinski definition) is 1. The number of nitrogens with one attached hydrogen (secondary N) is 1. The van der Waals surface area contributed by atoms with Crippen molar-refractivity contribution in [2.75, 3.05) is 19.0 Å². The largest absolute Gasteiger partial charge is 0.497 e. The number of benzene rings is 1. The molecule has 0 fully saturated rings. The van der Waals surface area contributed by atoms with E-state index in [1.807, 2.05) is 31.2 Å². The van der Waals surface area contributed by atoms with Gasteiger partial charge in [0.05, 0.1) is 7.11 Å². The SMILES string of the molecule is CCCNc1nc(C)cc(Oc2ccc(OC)cc2)n1. The van der Waals surface area contributed by atoms with Gasteiger partial charge in [-0.25, -0.2) is 4.98 Å². The molecule has 2 aromatic rings. The Bertz CT molecular complexity index is 556. The Morgan fingerprint density at radius 1 is 1.10 bits per heavy atom. The van der Waals surface area contributed by atoms with Gasteiger partial charge < -0.3 is 14.8 Å². The second-order valence-electron chi connectivity index (χ2n) is 4.38. The smallest absolute Gasteiger partial charge is 0.226 e. The molecule has 1 aromatic carbocycles. The van der Waals surface area contributed by atoms with Gasteiger partial charge >= 0.3 is 0 Å². The first kappa shape index (κ1) is 14.1. The molecule has 0 unspecified atom stereocenters. The molecule has 0 radical (unpaired) electrons. The Labute approximate surface area is 119 Å². The van der Waals surface area contributed by atoms with Crippen molar-refractivity contribution >= 4 is 5.95 Å². The first-order valence-electron chi connectivity index (χ1n) is 6.62. The van der Waals surface area contributed by atoms with Crippen LogP contribution in [0.1, 0.15) is 19.0 Å². The maximum atomic E-state index is 5.73. The van der Waals surface area contributed by atoms with Crippen molar-refractivity contribution in [3.63, 3.8) is 0 Å². The normalized spacial score (nSPS) is 10.2.